The maximum Gasteiger partial charge on any atom is 0.349 e. The highest BCUT2D eigenvalue weighted by molar-refractivity contribution is 9.10. The molecule has 0 aliphatic heterocycles. The fourth-order valence-corrected chi connectivity index (χ4v) is 3.60. The molecule has 3 aromatic carbocycles. The lowest BCUT2D eigenvalue weighted by atomic mass is 10.2. The number of aromatic amines is 1. The highest BCUT2D eigenvalue weighted by atomic mass is 79.9. The zero-order valence-electron chi connectivity index (χ0n) is 17.7. The van der Waals surface area contributed by atoms with E-state index in [4.69, 9.17) is 9.47 Å². The number of aromatic nitrogens is 2. The van der Waals surface area contributed by atoms with Crippen LogP contribution in [0, 0.1) is 10.1 Å². The molecule has 4 rings (SSSR count). The summed E-state index contributed by atoms with van der Waals surface area (Å²) in [7, 11) is 1.47. The highest BCUT2D eigenvalue weighted by Gasteiger charge is 2.12. The van der Waals surface area contributed by atoms with Crippen LogP contribution in [0.4, 0.5) is 5.69 Å². The van der Waals surface area contributed by atoms with Crippen LogP contribution in [0.5, 0.6) is 11.5 Å². The van der Waals surface area contributed by atoms with Crippen LogP contribution in [-0.2, 0) is 6.61 Å². The quantitative estimate of drug-likeness (QED) is 0.222. The fourth-order valence-electron chi connectivity index (χ4n) is 3.17. The van der Waals surface area contributed by atoms with Crippen LogP contribution in [-0.4, -0.2) is 27.9 Å². The van der Waals surface area contributed by atoms with E-state index in [1.807, 2.05) is 0 Å². The number of fused-ring (bicyclic) bond motifs is 1. The first-order valence-electron chi connectivity index (χ1n) is 9.89. The van der Waals surface area contributed by atoms with Gasteiger partial charge in [0.1, 0.15) is 6.61 Å². The smallest absolute Gasteiger partial charge is 0.349 e. The van der Waals surface area contributed by atoms with Crippen LogP contribution in [0.15, 0.2) is 79.8 Å². The molecule has 0 saturated carbocycles. The molecule has 0 aliphatic rings. The van der Waals surface area contributed by atoms with Gasteiger partial charge >= 0.3 is 5.69 Å². The lowest BCUT2D eigenvalue weighted by molar-refractivity contribution is -0.384. The molecule has 1 heterocycles. The minimum Gasteiger partial charge on any atom is -0.493 e. The molecular weight excluding hydrogens is 508 g/mol. The summed E-state index contributed by atoms with van der Waals surface area (Å²) in [5, 5.41) is 15.2. The Morgan fingerprint density at radius 3 is 2.56 bits per heavy atom. The maximum absolute atomic E-state index is 12.6. The highest BCUT2D eigenvalue weighted by Crippen LogP contribution is 2.33. The molecule has 1 N–H and O–H groups in total. The third kappa shape index (κ3) is 4.74. The average molecular weight is 525 g/mol. The van der Waals surface area contributed by atoms with Crippen LogP contribution in [0.2, 0.25) is 0 Å². The molecular formula is C23H17BrN4O6. The molecule has 0 atom stereocenters. The van der Waals surface area contributed by atoms with Gasteiger partial charge in [-0.1, -0.05) is 12.1 Å². The Bertz CT molecular complexity index is 1530. The first kappa shape index (κ1) is 22.9. The number of nitrogens with zero attached hydrogens (tertiary/aromatic N) is 3. The van der Waals surface area contributed by atoms with Gasteiger partial charge in [0.25, 0.3) is 11.2 Å². The molecule has 172 valence electrons. The van der Waals surface area contributed by atoms with E-state index in [0.29, 0.717) is 32.4 Å². The first-order valence-corrected chi connectivity index (χ1v) is 10.7. The van der Waals surface area contributed by atoms with Gasteiger partial charge in [0.15, 0.2) is 11.5 Å². The molecule has 0 bridgehead atoms. The van der Waals surface area contributed by atoms with E-state index in [9.17, 15) is 19.7 Å². The number of nitrogens with one attached hydrogen (secondary N) is 1. The number of non-ortho nitro benzene ring substituents is 1. The fraction of sp³-hybridized carbons (Fsp3) is 0.0870. The molecule has 34 heavy (non-hydrogen) atoms. The van der Waals surface area contributed by atoms with Crippen LogP contribution in [0.1, 0.15) is 11.1 Å². The van der Waals surface area contributed by atoms with Gasteiger partial charge in [0.2, 0.25) is 0 Å². The molecule has 0 spiro atoms. The number of H-pyrrole nitrogens is 1. The van der Waals surface area contributed by atoms with Crippen molar-refractivity contribution < 1.29 is 14.4 Å². The molecule has 4 aromatic rings. The third-order valence-corrected chi connectivity index (χ3v) is 5.61. The van der Waals surface area contributed by atoms with Gasteiger partial charge in [0, 0.05) is 22.2 Å². The average Bonchev–Trinajstić information content (AvgIpc) is 2.83. The van der Waals surface area contributed by atoms with Crippen molar-refractivity contribution >= 4 is 38.7 Å². The molecule has 0 saturated heterocycles. The molecule has 11 heteroatoms. The van der Waals surface area contributed by atoms with E-state index in [1.165, 1.54) is 25.5 Å². The molecule has 0 aliphatic carbocycles. The summed E-state index contributed by atoms with van der Waals surface area (Å²) in [5.74, 6) is 0.817. The summed E-state index contributed by atoms with van der Waals surface area (Å²) in [6.07, 6.45) is 1.36. The topological polar surface area (TPSA) is 129 Å². The van der Waals surface area contributed by atoms with E-state index in [-0.39, 0.29) is 12.3 Å². The van der Waals surface area contributed by atoms with Crippen LogP contribution >= 0.6 is 15.9 Å². The maximum atomic E-state index is 12.6. The van der Waals surface area contributed by atoms with Crippen molar-refractivity contribution in [3.8, 4) is 11.5 Å². The van der Waals surface area contributed by atoms with Gasteiger partial charge in [-0.05, 0) is 57.9 Å². The van der Waals surface area contributed by atoms with Crippen molar-refractivity contribution in [2.24, 2.45) is 5.10 Å². The minimum atomic E-state index is -0.661. The second-order valence-corrected chi connectivity index (χ2v) is 7.93. The van der Waals surface area contributed by atoms with Crippen molar-refractivity contribution in [1.82, 2.24) is 9.66 Å². The van der Waals surface area contributed by atoms with E-state index < -0.39 is 16.2 Å². The third-order valence-electron chi connectivity index (χ3n) is 4.92. The first-order chi connectivity index (χ1) is 16.4. The second kappa shape index (κ2) is 9.71. The monoisotopic (exact) mass is 524 g/mol. The Hall–Kier alpha value is -4.25. The van der Waals surface area contributed by atoms with E-state index in [0.717, 1.165) is 10.2 Å². The number of benzene rings is 3. The Morgan fingerprint density at radius 1 is 1.12 bits per heavy atom. The van der Waals surface area contributed by atoms with E-state index in [1.54, 1.807) is 48.5 Å². The second-order valence-electron chi connectivity index (χ2n) is 7.07. The molecule has 0 fully saturated rings. The lowest BCUT2D eigenvalue weighted by Gasteiger charge is -2.13. The lowest BCUT2D eigenvalue weighted by Crippen LogP contribution is -2.32. The number of para-hydroxylation sites is 1. The van der Waals surface area contributed by atoms with Crippen molar-refractivity contribution in [2.75, 3.05) is 7.11 Å². The van der Waals surface area contributed by atoms with Crippen molar-refractivity contribution in [1.29, 1.82) is 0 Å². The number of nitro benzene ring substituents is 1. The summed E-state index contributed by atoms with van der Waals surface area (Å²) >= 11 is 3.44. The summed E-state index contributed by atoms with van der Waals surface area (Å²) in [5.41, 5.74) is 0.509. The number of hydrogen-bond donors (Lipinski definition) is 1. The zero-order valence-corrected chi connectivity index (χ0v) is 19.3. The van der Waals surface area contributed by atoms with Gasteiger partial charge in [-0.25, -0.2) is 4.79 Å². The molecule has 1 aromatic heterocycles. The van der Waals surface area contributed by atoms with Crippen molar-refractivity contribution in [3.05, 3.63) is 107 Å². The van der Waals surface area contributed by atoms with Gasteiger partial charge in [-0.15, -0.1) is 4.68 Å². The Morgan fingerprint density at radius 2 is 1.85 bits per heavy atom. The van der Waals surface area contributed by atoms with Crippen molar-refractivity contribution in [2.45, 2.75) is 6.61 Å². The summed E-state index contributed by atoms with van der Waals surface area (Å²) in [6.45, 7) is 0.163. The van der Waals surface area contributed by atoms with Crippen molar-refractivity contribution in [3.63, 3.8) is 0 Å². The summed E-state index contributed by atoms with van der Waals surface area (Å²) < 4.78 is 12.6. The number of halogens is 1. The van der Waals surface area contributed by atoms with Gasteiger partial charge in [0.05, 0.1) is 29.2 Å². The SMILES string of the molecule is COc1cc(C=Nn2c(=O)[nH]c3ccccc3c2=O)c(Br)cc1OCc1ccc([N+](=O)[O-])cc1. The molecule has 0 amide bonds. The number of nitro groups is 1. The van der Waals surface area contributed by atoms with E-state index >= 15 is 0 Å². The Balaban J connectivity index is 1.59. The molecule has 0 radical (unpaired) electrons. The van der Waals surface area contributed by atoms with Gasteiger partial charge in [-0.2, -0.15) is 5.10 Å². The van der Waals surface area contributed by atoms with Gasteiger partial charge in [-0.3, -0.25) is 14.9 Å². The normalized spacial score (nSPS) is 11.1. The zero-order chi connectivity index (χ0) is 24.2. The van der Waals surface area contributed by atoms with Crippen LogP contribution < -0.4 is 20.7 Å². The van der Waals surface area contributed by atoms with Crippen LogP contribution in [0.3, 0.4) is 0 Å². The summed E-state index contributed by atoms with van der Waals surface area (Å²) in [6, 6.07) is 16.0. The van der Waals surface area contributed by atoms with Gasteiger partial charge < -0.3 is 14.5 Å². The number of rotatable bonds is 7. The predicted molar refractivity (Wildman–Crippen MR) is 130 cm³/mol. The van der Waals surface area contributed by atoms with Crippen LogP contribution in [0.25, 0.3) is 10.9 Å². The number of methoxy groups -OCH3 is 1. The molecule has 10 nitrogen and oxygen atoms in total. The predicted octanol–water partition coefficient (Wildman–Crippen LogP) is 3.83. The number of hydrogen-bond acceptors (Lipinski definition) is 7. The largest absolute Gasteiger partial charge is 0.493 e. The number of ether oxygens (including phenoxy) is 2. The summed E-state index contributed by atoms with van der Waals surface area (Å²) in [4.78, 5) is 37.9. The van der Waals surface area contributed by atoms with E-state index in [2.05, 4.69) is 26.0 Å². The minimum absolute atomic E-state index is 0.00271. The standard InChI is InChI=1S/C23H17BrN4O6/c1-33-20-10-15(12-25-27-22(29)17-4-2-3-5-19(17)26-23(27)30)18(24)11-21(20)34-13-14-6-8-16(9-7-14)28(31)32/h2-12H,13H2,1H3,(H,26,30). The molecule has 0 unspecified atom stereocenters. The Kier molecular flexibility index (Phi) is 6.55. The Labute approximate surface area is 200 Å².